The Balaban J connectivity index is 1.73. The highest BCUT2D eigenvalue weighted by Crippen LogP contribution is 2.24. The third-order valence-corrected chi connectivity index (χ3v) is 4.55. The van der Waals surface area contributed by atoms with Crippen LogP contribution in [0.5, 0.6) is 0 Å². The monoisotopic (exact) mass is 268 g/mol. The summed E-state index contributed by atoms with van der Waals surface area (Å²) in [5.41, 5.74) is 5.96. The number of amides is 1. The van der Waals surface area contributed by atoms with Crippen molar-refractivity contribution in [3.63, 3.8) is 0 Å². The molecule has 2 saturated heterocycles. The minimum atomic E-state index is 0.189. The van der Waals surface area contributed by atoms with Gasteiger partial charge in [-0.25, -0.2) is 0 Å². The molecule has 4 nitrogen and oxygen atoms in total. The summed E-state index contributed by atoms with van der Waals surface area (Å²) in [7, 11) is 0. The molecule has 0 spiro atoms. The molecule has 110 valence electrons. The summed E-state index contributed by atoms with van der Waals surface area (Å²) in [4.78, 5) is 14.2. The number of likely N-dealkylation sites (tertiary alicyclic amines) is 1. The Labute approximate surface area is 116 Å². The molecular weight excluding hydrogens is 240 g/mol. The van der Waals surface area contributed by atoms with Crippen LogP contribution in [0.1, 0.15) is 52.4 Å². The van der Waals surface area contributed by atoms with Gasteiger partial charge in [-0.2, -0.15) is 0 Å². The summed E-state index contributed by atoms with van der Waals surface area (Å²) in [6.45, 7) is 5.91. The Morgan fingerprint density at radius 3 is 2.84 bits per heavy atom. The molecule has 0 aromatic heterocycles. The van der Waals surface area contributed by atoms with E-state index in [1.165, 1.54) is 0 Å². The van der Waals surface area contributed by atoms with Gasteiger partial charge in [-0.15, -0.1) is 0 Å². The van der Waals surface area contributed by atoms with Crippen molar-refractivity contribution in [2.24, 2.45) is 11.7 Å². The first-order valence-corrected chi connectivity index (χ1v) is 7.75. The fourth-order valence-electron chi connectivity index (χ4n) is 3.21. The van der Waals surface area contributed by atoms with E-state index in [-0.39, 0.29) is 11.9 Å². The topological polar surface area (TPSA) is 55.6 Å². The maximum atomic E-state index is 12.2. The van der Waals surface area contributed by atoms with Crippen molar-refractivity contribution in [2.75, 3.05) is 13.1 Å². The van der Waals surface area contributed by atoms with Gasteiger partial charge < -0.3 is 15.4 Å². The van der Waals surface area contributed by atoms with Gasteiger partial charge in [-0.3, -0.25) is 4.79 Å². The third kappa shape index (κ3) is 4.18. The van der Waals surface area contributed by atoms with Crippen LogP contribution >= 0.6 is 0 Å². The highest BCUT2D eigenvalue weighted by atomic mass is 16.5. The number of nitrogens with zero attached hydrogens (tertiary/aromatic N) is 1. The zero-order chi connectivity index (χ0) is 13.8. The van der Waals surface area contributed by atoms with Gasteiger partial charge in [-0.1, -0.05) is 0 Å². The maximum absolute atomic E-state index is 12.2. The molecule has 0 aromatic rings. The fraction of sp³-hybridized carbons (Fsp3) is 0.933. The standard InChI is InChI=1S/C15H28N2O2/c1-11-5-6-14(19-11)7-8-15(18)17-9-3-4-13(10-17)12(2)16/h11-14H,3-10,16H2,1-2H3. The van der Waals surface area contributed by atoms with Crippen molar-refractivity contribution in [1.29, 1.82) is 0 Å². The van der Waals surface area contributed by atoms with Gasteiger partial charge in [-0.05, 0) is 51.9 Å². The van der Waals surface area contributed by atoms with Gasteiger partial charge in [0, 0.05) is 25.6 Å². The van der Waals surface area contributed by atoms with Crippen molar-refractivity contribution in [1.82, 2.24) is 4.90 Å². The molecule has 0 bridgehead atoms. The maximum Gasteiger partial charge on any atom is 0.222 e. The van der Waals surface area contributed by atoms with E-state index in [1.54, 1.807) is 0 Å². The molecule has 19 heavy (non-hydrogen) atoms. The number of carbonyl (C=O) groups is 1. The van der Waals surface area contributed by atoms with Crippen molar-refractivity contribution in [3.05, 3.63) is 0 Å². The molecule has 2 aliphatic heterocycles. The first-order valence-electron chi connectivity index (χ1n) is 7.75. The molecule has 2 fully saturated rings. The number of hydrogen-bond acceptors (Lipinski definition) is 3. The number of ether oxygens (including phenoxy) is 1. The lowest BCUT2D eigenvalue weighted by molar-refractivity contribution is -0.133. The Morgan fingerprint density at radius 1 is 1.42 bits per heavy atom. The van der Waals surface area contributed by atoms with Crippen LogP contribution in [0.25, 0.3) is 0 Å². The Morgan fingerprint density at radius 2 is 2.21 bits per heavy atom. The average Bonchev–Trinajstić information content (AvgIpc) is 2.82. The van der Waals surface area contributed by atoms with Gasteiger partial charge in [0.2, 0.25) is 5.91 Å². The van der Waals surface area contributed by atoms with E-state index < -0.39 is 0 Å². The lowest BCUT2D eigenvalue weighted by atomic mass is 9.92. The molecule has 0 aliphatic carbocycles. The van der Waals surface area contributed by atoms with Crippen LogP contribution in [0.15, 0.2) is 0 Å². The van der Waals surface area contributed by atoms with E-state index in [0.29, 0.717) is 24.5 Å². The average molecular weight is 268 g/mol. The predicted octanol–water partition coefficient (Wildman–Crippen LogP) is 1.92. The number of hydrogen-bond donors (Lipinski definition) is 1. The van der Waals surface area contributed by atoms with E-state index in [4.69, 9.17) is 10.5 Å². The Hall–Kier alpha value is -0.610. The van der Waals surface area contributed by atoms with Crippen LogP contribution in [0.2, 0.25) is 0 Å². The predicted molar refractivity (Wildman–Crippen MR) is 75.8 cm³/mol. The zero-order valence-electron chi connectivity index (χ0n) is 12.3. The van der Waals surface area contributed by atoms with Gasteiger partial charge in [0.25, 0.3) is 0 Å². The van der Waals surface area contributed by atoms with Gasteiger partial charge >= 0.3 is 0 Å². The molecular formula is C15H28N2O2. The quantitative estimate of drug-likeness (QED) is 0.847. The molecule has 2 rings (SSSR count). The summed E-state index contributed by atoms with van der Waals surface area (Å²) in [5.74, 6) is 0.758. The van der Waals surface area contributed by atoms with E-state index in [2.05, 4.69) is 6.92 Å². The normalized spacial score (nSPS) is 33.4. The van der Waals surface area contributed by atoms with E-state index in [0.717, 1.165) is 45.2 Å². The number of rotatable bonds is 4. The highest BCUT2D eigenvalue weighted by molar-refractivity contribution is 5.76. The van der Waals surface area contributed by atoms with Gasteiger partial charge in [0.05, 0.1) is 12.2 Å². The van der Waals surface area contributed by atoms with Crippen LogP contribution in [0.4, 0.5) is 0 Å². The number of nitrogens with two attached hydrogens (primary N) is 1. The molecule has 2 aliphatic rings. The van der Waals surface area contributed by atoms with E-state index >= 15 is 0 Å². The van der Waals surface area contributed by atoms with Crippen LogP contribution in [-0.4, -0.2) is 42.1 Å². The number of carbonyl (C=O) groups excluding carboxylic acids is 1. The lowest BCUT2D eigenvalue weighted by Crippen LogP contribution is -2.45. The van der Waals surface area contributed by atoms with E-state index in [9.17, 15) is 4.79 Å². The molecule has 0 saturated carbocycles. The van der Waals surface area contributed by atoms with Gasteiger partial charge in [0.15, 0.2) is 0 Å². The highest BCUT2D eigenvalue weighted by Gasteiger charge is 2.27. The fourth-order valence-corrected chi connectivity index (χ4v) is 3.21. The van der Waals surface area contributed by atoms with E-state index in [1.807, 2.05) is 11.8 Å². The largest absolute Gasteiger partial charge is 0.375 e. The molecule has 4 heteroatoms. The summed E-state index contributed by atoms with van der Waals surface area (Å²) >= 11 is 0. The van der Waals surface area contributed by atoms with Crippen LogP contribution in [-0.2, 0) is 9.53 Å². The second-order valence-corrected chi connectivity index (χ2v) is 6.29. The third-order valence-electron chi connectivity index (χ3n) is 4.55. The molecule has 2 N–H and O–H groups in total. The van der Waals surface area contributed by atoms with Crippen molar-refractivity contribution in [3.8, 4) is 0 Å². The van der Waals surface area contributed by atoms with Gasteiger partial charge in [0.1, 0.15) is 0 Å². The SMILES string of the molecule is CC1CCC(CCC(=O)N2CCCC(C(C)N)C2)O1. The minimum absolute atomic E-state index is 0.189. The smallest absolute Gasteiger partial charge is 0.222 e. The summed E-state index contributed by atoms with van der Waals surface area (Å²) in [6, 6.07) is 0.189. The summed E-state index contributed by atoms with van der Waals surface area (Å²) in [5, 5.41) is 0. The molecule has 0 radical (unpaired) electrons. The second kappa shape index (κ2) is 6.71. The van der Waals surface area contributed by atoms with Crippen molar-refractivity contribution in [2.45, 2.75) is 70.6 Å². The summed E-state index contributed by atoms with van der Waals surface area (Å²) < 4.78 is 5.77. The minimum Gasteiger partial charge on any atom is -0.375 e. The van der Waals surface area contributed by atoms with Crippen LogP contribution in [0, 0.1) is 5.92 Å². The second-order valence-electron chi connectivity index (χ2n) is 6.29. The summed E-state index contributed by atoms with van der Waals surface area (Å²) in [6.07, 6.45) is 6.67. The van der Waals surface area contributed by atoms with Crippen molar-refractivity contribution < 1.29 is 9.53 Å². The molecule has 0 aromatic carbocycles. The van der Waals surface area contributed by atoms with Crippen LogP contribution in [0.3, 0.4) is 0 Å². The Bertz CT molecular complexity index is 307. The first-order chi connectivity index (χ1) is 9.06. The zero-order valence-corrected chi connectivity index (χ0v) is 12.3. The molecule has 1 amide bonds. The Kier molecular flexibility index (Phi) is 5.22. The molecule has 2 heterocycles. The molecule has 4 unspecified atom stereocenters. The number of piperidine rings is 1. The van der Waals surface area contributed by atoms with Crippen LogP contribution < -0.4 is 5.73 Å². The van der Waals surface area contributed by atoms with Crippen molar-refractivity contribution >= 4 is 5.91 Å². The first kappa shape index (κ1) is 14.8. The lowest BCUT2D eigenvalue weighted by Gasteiger charge is -2.34. The molecule has 4 atom stereocenters.